The van der Waals surface area contributed by atoms with E-state index in [2.05, 4.69) is 11.9 Å². The van der Waals surface area contributed by atoms with E-state index >= 15 is 0 Å². The first-order chi connectivity index (χ1) is 3.00. The minimum atomic E-state index is 1.01. The van der Waals surface area contributed by atoms with E-state index in [1.165, 1.54) is 12.8 Å². The van der Waals surface area contributed by atoms with Gasteiger partial charge in [-0.2, -0.15) is 0 Å². The van der Waals surface area contributed by atoms with Crippen LogP contribution in [0.1, 0.15) is 19.3 Å². The molecule has 0 atom stereocenters. The summed E-state index contributed by atoms with van der Waals surface area (Å²) in [5.74, 6) is 0. The summed E-state index contributed by atoms with van der Waals surface area (Å²) in [6.07, 6.45) is 3.65. The van der Waals surface area contributed by atoms with E-state index in [9.17, 15) is 0 Å². The topological polar surface area (TPSA) is 14.1 Å². The van der Waals surface area contributed by atoms with E-state index in [-0.39, 0.29) is 0 Å². The highest BCUT2D eigenvalue weighted by Crippen LogP contribution is 2.01. The van der Waals surface area contributed by atoms with Crippen LogP contribution in [0.4, 0.5) is 0 Å². The molecule has 1 aliphatic rings. The molecule has 0 aromatic carbocycles. The molecule has 0 unspecified atom stereocenters. The fourth-order valence-corrected chi connectivity index (χ4v) is 0.553. The van der Waals surface area contributed by atoms with Crippen molar-refractivity contribution in [3.63, 3.8) is 0 Å². The van der Waals surface area contributed by atoms with Gasteiger partial charge in [-0.3, -0.25) is 0 Å². The second kappa shape index (κ2) is 2.19. The molecule has 0 spiro atoms. The van der Waals surface area contributed by atoms with Gasteiger partial charge < -0.3 is 0 Å². The SMILES string of the molecule is [C]1CCCC[N]1. The summed E-state index contributed by atoms with van der Waals surface area (Å²) >= 11 is 0. The predicted octanol–water partition coefficient (Wildman–Crippen LogP) is 0.813. The summed E-state index contributed by atoms with van der Waals surface area (Å²) in [6.45, 7) is 3.92. The van der Waals surface area contributed by atoms with Gasteiger partial charge >= 0.3 is 0 Å². The van der Waals surface area contributed by atoms with E-state index in [1.807, 2.05) is 0 Å². The fourth-order valence-electron chi connectivity index (χ4n) is 0.553. The van der Waals surface area contributed by atoms with Crippen molar-refractivity contribution in [1.29, 1.82) is 0 Å². The molecule has 1 heterocycles. The number of rotatable bonds is 0. The highest BCUT2D eigenvalue weighted by Gasteiger charge is 1.96. The van der Waals surface area contributed by atoms with Crippen LogP contribution in [-0.4, -0.2) is 6.54 Å². The van der Waals surface area contributed by atoms with Crippen molar-refractivity contribution >= 4 is 0 Å². The zero-order valence-electron chi connectivity index (χ0n) is 3.78. The van der Waals surface area contributed by atoms with Crippen LogP contribution in [0.3, 0.4) is 0 Å². The van der Waals surface area contributed by atoms with Crippen LogP contribution in [0.15, 0.2) is 0 Å². The minimum Gasteiger partial charge on any atom is -0.231 e. The lowest BCUT2D eigenvalue weighted by atomic mass is 10.2. The van der Waals surface area contributed by atoms with Gasteiger partial charge in [-0.1, -0.05) is 6.42 Å². The normalized spacial score (nSPS) is 24.0. The highest BCUT2D eigenvalue weighted by atomic mass is 14.9. The molecule has 1 rings (SSSR count). The zero-order chi connectivity index (χ0) is 4.24. The Hall–Kier alpha value is -0.0400. The second-order valence-corrected chi connectivity index (χ2v) is 1.50. The first-order valence-corrected chi connectivity index (χ1v) is 2.39. The summed E-state index contributed by atoms with van der Waals surface area (Å²) < 4.78 is 0. The van der Waals surface area contributed by atoms with Crippen molar-refractivity contribution in [2.75, 3.05) is 6.54 Å². The summed E-state index contributed by atoms with van der Waals surface area (Å²) in [6, 6.07) is 0. The lowest BCUT2D eigenvalue weighted by Crippen LogP contribution is -2.08. The molecule has 0 amide bonds. The van der Waals surface area contributed by atoms with Gasteiger partial charge in [0, 0.05) is 6.54 Å². The number of hydrogen-bond acceptors (Lipinski definition) is 0. The lowest BCUT2D eigenvalue weighted by Gasteiger charge is -2.05. The molecule has 1 nitrogen and oxygen atoms in total. The summed E-state index contributed by atoms with van der Waals surface area (Å²) in [5, 5.41) is 3.93. The minimum absolute atomic E-state index is 1.01. The van der Waals surface area contributed by atoms with Crippen LogP contribution in [-0.2, 0) is 0 Å². The Balaban J connectivity index is 2.00. The Kier molecular flexibility index (Phi) is 1.51. The van der Waals surface area contributed by atoms with Crippen molar-refractivity contribution in [3.8, 4) is 0 Å². The quantitative estimate of drug-likeness (QED) is 0.410. The van der Waals surface area contributed by atoms with Gasteiger partial charge in [0.15, 0.2) is 0 Å². The van der Waals surface area contributed by atoms with E-state index in [1.54, 1.807) is 0 Å². The monoisotopic (exact) mass is 82.1 g/mol. The third kappa shape index (κ3) is 0.977. The molecular weight excluding hydrogens is 74.1 g/mol. The van der Waals surface area contributed by atoms with Gasteiger partial charge in [0.25, 0.3) is 0 Å². The van der Waals surface area contributed by atoms with Crippen molar-refractivity contribution in [2.24, 2.45) is 0 Å². The third-order valence-electron chi connectivity index (χ3n) is 0.920. The van der Waals surface area contributed by atoms with Crippen molar-refractivity contribution in [3.05, 3.63) is 6.54 Å². The Morgan fingerprint density at radius 3 is 2.50 bits per heavy atom. The molecule has 0 N–H and O–H groups in total. The average Bonchev–Trinajstić information content (AvgIpc) is 1.72. The van der Waals surface area contributed by atoms with Crippen LogP contribution in [0.2, 0.25) is 0 Å². The zero-order valence-corrected chi connectivity index (χ0v) is 3.78. The smallest absolute Gasteiger partial charge is 0.0789 e. The highest BCUT2D eigenvalue weighted by molar-refractivity contribution is 4.66. The Bertz CT molecular complexity index is 19.4. The first kappa shape index (κ1) is 4.13. The van der Waals surface area contributed by atoms with Crippen LogP contribution >= 0.6 is 0 Å². The Labute approximate surface area is 38.7 Å². The second-order valence-electron chi connectivity index (χ2n) is 1.50. The van der Waals surface area contributed by atoms with E-state index < -0.39 is 0 Å². The van der Waals surface area contributed by atoms with Gasteiger partial charge in [0.05, 0.1) is 6.54 Å². The van der Waals surface area contributed by atoms with Crippen LogP contribution in [0.25, 0.3) is 0 Å². The molecule has 0 aromatic rings. The molecule has 0 saturated carbocycles. The van der Waals surface area contributed by atoms with Gasteiger partial charge in [0.2, 0.25) is 0 Å². The van der Waals surface area contributed by atoms with E-state index in [0.717, 1.165) is 13.0 Å². The average molecular weight is 82.1 g/mol. The van der Waals surface area contributed by atoms with E-state index in [0.29, 0.717) is 0 Å². The molecule has 1 fully saturated rings. The molecule has 6 heavy (non-hydrogen) atoms. The lowest BCUT2D eigenvalue weighted by molar-refractivity contribution is 0.572. The standard InChI is InChI=1S/C5H8N/c1-2-4-6-5-3-1/h1-4H2. The van der Waals surface area contributed by atoms with Crippen LogP contribution in [0.5, 0.6) is 0 Å². The molecule has 1 aliphatic heterocycles. The fraction of sp³-hybridized carbons (Fsp3) is 0.800. The molecule has 1 heteroatoms. The summed E-state index contributed by atoms with van der Waals surface area (Å²) in [5.41, 5.74) is 0. The van der Waals surface area contributed by atoms with Crippen LogP contribution < -0.4 is 5.32 Å². The molecular formula is C5H8N. The maximum absolute atomic E-state index is 3.93. The van der Waals surface area contributed by atoms with Crippen molar-refractivity contribution in [1.82, 2.24) is 5.32 Å². The number of hydrogen-bond donors (Lipinski definition) is 0. The molecule has 0 bridgehead atoms. The predicted molar refractivity (Wildman–Crippen MR) is 24.1 cm³/mol. The Morgan fingerprint density at radius 1 is 1.33 bits per heavy atom. The van der Waals surface area contributed by atoms with Crippen molar-refractivity contribution < 1.29 is 0 Å². The summed E-state index contributed by atoms with van der Waals surface area (Å²) in [4.78, 5) is 0. The molecule has 33 valence electrons. The number of piperidine rings is 1. The first-order valence-electron chi connectivity index (χ1n) is 2.39. The largest absolute Gasteiger partial charge is 0.231 e. The molecule has 1 saturated heterocycles. The van der Waals surface area contributed by atoms with Crippen LogP contribution in [0, 0.1) is 6.54 Å². The molecule has 0 aliphatic carbocycles. The maximum Gasteiger partial charge on any atom is 0.0789 e. The third-order valence-corrected chi connectivity index (χ3v) is 0.920. The van der Waals surface area contributed by atoms with Gasteiger partial charge in [-0.05, 0) is 12.8 Å². The Morgan fingerprint density at radius 2 is 2.33 bits per heavy atom. The molecule has 0 aromatic heterocycles. The van der Waals surface area contributed by atoms with Crippen molar-refractivity contribution in [2.45, 2.75) is 19.3 Å². The van der Waals surface area contributed by atoms with Gasteiger partial charge in [0.1, 0.15) is 0 Å². The summed E-state index contributed by atoms with van der Waals surface area (Å²) in [7, 11) is 0. The van der Waals surface area contributed by atoms with Gasteiger partial charge in [-0.15, -0.1) is 0 Å². The molecule has 3 radical (unpaired) electrons. The number of nitrogens with zero attached hydrogens (tertiary/aromatic N) is 1. The maximum atomic E-state index is 3.93. The van der Waals surface area contributed by atoms with Gasteiger partial charge in [-0.25, -0.2) is 5.32 Å². The van der Waals surface area contributed by atoms with E-state index in [4.69, 9.17) is 0 Å².